The van der Waals surface area contributed by atoms with E-state index in [1.807, 2.05) is 6.07 Å². The Morgan fingerprint density at radius 1 is 0.935 bits per heavy atom. The van der Waals surface area contributed by atoms with Gasteiger partial charge < -0.3 is 18.9 Å². The molecular formula is C24H20O7. The predicted octanol–water partition coefficient (Wildman–Crippen LogP) is 3.09. The van der Waals surface area contributed by atoms with Gasteiger partial charge in [0.1, 0.15) is 12.2 Å². The number of rotatable bonds is 5. The molecule has 7 nitrogen and oxygen atoms in total. The van der Waals surface area contributed by atoms with E-state index in [0.29, 0.717) is 23.5 Å². The molecule has 2 fully saturated rings. The lowest BCUT2D eigenvalue weighted by Gasteiger charge is -2.20. The topological polar surface area (TPSA) is 88.1 Å². The quantitative estimate of drug-likeness (QED) is 0.543. The predicted molar refractivity (Wildman–Crippen MR) is 107 cm³/mol. The first-order valence-corrected chi connectivity index (χ1v) is 10.2. The molecule has 0 radical (unpaired) electrons. The maximum atomic E-state index is 12.6. The summed E-state index contributed by atoms with van der Waals surface area (Å²) in [6, 6.07) is 15.8. The van der Waals surface area contributed by atoms with Crippen molar-refractivity contribution in [2.75, 3.05) is 0 Å². The Morgan fingerprint density at radius 3 is 2.32 bits per heavy atom. The molecule has 1 saturated heterocycles. The molecule has 2 aromatic carbocycles. The Labute approximate surface area is 178 Å². The Balaban J connectivity index is 1.30. The molecule has 4 atom stereocenters. The third kappa shape index (κ3) is 3.79. The summed E-state index contributed by atoms with van der Waals surface area (Å²) in [6.45, 7) is 0. The van der Waals surface area contributed by atoms with Crippen LogP contribution in [0.5, 0.6) is 11.5 Å². The lowest BCUT2D eigenvalue weighted by Crippen LogP contribution is -2.28. The molecule has 2 aromatic rings. The van der Waals surface area contributed by atoms with E-state index in [0.717, 1.165) is 0 Å². The highest BCUT2D eigenvalue weighted by atomic mass is 16.7. The van der Waals surface area contributed by atoms with Crippen molar-refractivity contribution in [1.82, 2.24) is 0 Å². The number of esters is 2. The third-order valence-electron chi connectivity index (χ3n) is 5.85. The molecule has 2 aliphatic heterocycles. The highest BCUT2D eigenvalue weighted by Gasteiger charge is 2.50. The maximum Gasteiger partial charge on any atom is 0.338 e. The van der Waals surface area contributed by atoms with E-state index in [2.05, 4.69) is 0 Å². The molecular weight excluding hydrogens is 400 g/mol. The molecule has 0 amide bonds. The van der Waals surface area contributed by atoms with Crippen LogP contribution in [0.1, 0.15) is 23.2 Å². The van der Waals surface area contributed by atoms with E-state index in [1.165, 1.54) is 6.08 Å². The molecule has 0 aromatic heterocycles. The Hall–Kier alpha value is -3.61. The van der Waals surface area contributed by atoms with E-state index in [9.17, 15) is 14.4 Å². The van der Waals surface area contributed by atoms with Crippen molar-refractivity contribution in [2.45, 2.75) is 31.3 Å². The average Bonchev–Trinajstić information content (AvgIpc) is 3.45. The summed E-state index contributed by atoms with van der Waals surface area (Å²) in [5, 5.41) is 0. The van der Waals surface area contributed by atoms with Gasteiger partial charge in [0, 0.05) is 18.3 Å². The van der Waals surface area contributed by atoms with Gasteiger partial charge in [0.25, 0.3) is 0 Å². The minimum Gasteiger partial charge on any atom is -0.462 e. The van der Waals surface area contributed by atoms with Crippen LogP contribution in [0.3, 0.4) is 0 Å². The number of fused-ring (bicyclic) bond motifs is 2. The summed E-state index contributed by atoms with van der Waals surface area (Å²) in [6.07, 6.45) is 1.83. The van der Waals surface area contributed by atoms with Crippen molar-refractivity contribution < 1.29 is 33.3 Å². The van der Waals surface area contributed by atoms with E-state index in [-0.39, 0.29) is 36.1 Å². The fourth-order valence-electron chi connectivity index (χ4n) is 4.37. The smallest absolute Gasteiger partial charge is 0.338 e. The van der Waals surface area contributed by atoms with Crippen molar-refractivity contribution in [1.29, 1.82) is 0 Å². The largest absolute Gasteiger partial charge is 0.462 e. The second kappa shape index (κ2) is 7.91. The minimum atomic E-state index is -1.06. The van der Waals surface area contributed by atoms with Crippen LogP contribution in [0, 0.1) is 11.8 Å². The summed E-state index contributed by atoms with van der Waals surface area (Å²) in [5.74, 6) is -0.521. The van der Waals surface area contributed by atoms with Gasteiger partial charge in [0.05, 0.1) is 12.0 Å². The molecule has 0 N–H and O–H groups in total. The third-order valence-corrected chi connectivity index (χ3v) is 5.85. The summed E-state index contributed by atoms with van der Waals surface area (Å²) in [5.41, 5.74) is 0.445. The van der Waals surface area contributed by atoms with E-state index in [4.69, 9.17) is 18.9 Å². The van der Waals surface area contributed by atoms with Gasteiger partial charge in [-0.05, 0) is 30.3 Å². The molecule has 7 heteroatoms. The van der Waals surface area contributed by atoms with Crippen LogP contribution in [-0.2, 0) is 19.1 Å². The van der Waals surface area contributed by atoms with Crippen LogP contribution in [-0.4, -0.2) is 36.2 Å². The zero-order valence-electron chi connectivity index (χ0n) is 16.5. The number of hydrogen-bond donors (Lipinski definition) is 0. The van der Waals surface area contributed by atoms with Crippen molar-refractivity contribution in [3.05, 3.63) is 72.3 Å². The molecule has 1 aliphatic carbocycles. The minimum absolute atomic E-state index is 0.146. The zero-order valence-corrected chi connectivity index (χ0v) is 16.5. The van der Waals surface area contributed by atoms with Gasteiger partial charge >= 0.3 is 18.2 Å². The SMILES string of the molecule is O=C1C[C@@H]2[C@@H](/C=C/C(=O)C3Oc4ccccc4O3)[C@H](OC(=O)c3ccccc3)C[C@@H]2O1. The van der Waals surface area contributed by atoms with Crippen molar-refractivity contribution in [3.8, 4) is 11.5 Å². The zero-order chi connectivity index (χ0) is 21.4. The lowest BCUT2D eigenvalue weighted by molar-refractivity contribution is -0.141. The monoisotopic (exact) mass is 420 g/mol. The molecule has 1 saturated carbocycles. The molecule has 0 unspecified atom stereocenters. The highest BCUT2D eigenvalue weighted by molar-refractivity contribution is 5.93. The molecule has 0 bridgehead atoms. The van der Waals surface area contributed by atoms with Gasteiger partial charge in [0.2, 0.25) is 5.78 Å². The average molecular weight is 420 g/mol. The van der Waals surface area contributed by atoms with Crippen molar-refractivity contribution in [3.63, 3.8) is 0 Å². The van der Waals surface area contributed by atoms with Gasteiger partial charge in [-0.3, -0.25) is 9.59 Å². The molecule has 0 spiro atoms. The van der Waals surface area contributed by atoms with E-state index >= 15 is 0 Å². The summed E-state index contributed by atoms with van der Waals surface area (Å²) >= 11 is 0. The fourth-order valence-corrected chi connectivity index (χ4v) is 4.37. The van der Waals surface area contributed by atoms with Gasteiger partial charge in [-0.2, -0.15) is 0 Å². The Bertz CT molecular complexity index is 1020. The summed E-state index contributed by atoms with van der Waals surface area (Å²) in [7, 11) is 0. The number of carbonyl (C=O) groups excluding carboxylic acids is 3. The van der Waals surface area contributed by atoms with Gasteiger partial charge in [-0.25, -0.2) is 4.79 Å². The van der Waals surface area contributed by atoms with Crippen molar-refractivity contribution >= 4 is 17.7 Å². The first-order valence-electron chi connectivity index (χ1n) is 10.2. The second-order valence-corrected chi connectivity index (χ2v) is 7.79. The number of benzene rings is 2. The Kier molecular flexibility index (Phi) is 4.94. The first kappa shape index (κ1) is 19.4. The maximum absolute atomic E-state index is 12.6. The number of carbonyl (C=O) groups is 3. The number of ketones is 1. The second-order valence-electron chi connectivity index (χ2n) is 7.79. The highest BCUT2D eigenvalue weighted by Crippen LogP contribution is 2.44. The van der Waals surface area contributed by atoms with Crippen LogP contribution < -0.4 is 9.47 Å². The van der Waals surface area contributed by atoms with Gasteiger partial charge in [-0.1, -0.05) is 36.4 Å². The normalized spacial score (nSPS) is 26.6. The summed E-state index contributed by atoms with van der Waals surface area (Å²) < 4.78 is 22.2. The van der Waals surface area contributed by atoms with Gasteiger partial charge in [0.15, 0.2) is 11.5 Å². The molecule has 158 valence electrons. The van der Waals surface area contributed by atoms with E-state index < -0.39 is 18.4 Å². The summed E-state index contributed by atoms with van der Waals surface area (Å²) in [4.78, 5) is 36.9. The molecule has 3 aliphatic rings. The van der Waals surface area contributed by atoms with Crippen LogP contribution in [0.2, 0.25) is 0 Å². The first-order chi connectivity index (χ1) is 15.1. The molecule has 2 heterocycles. The van der Waals surface area contributed by atoms with E-state index in [1.54, 1.807) is 54.6 Å². The van der Waals surface area contributed by atoms with Crippen molar-refractivity contribution in [2.24, 2.45) is 11.8 Å². The lowest BCUT2D eigenvalue weighted by atomic mass is 9.91. The number of hydrogen-bond acceptors (Lipinski definition) is 7. The van der Waals surface area contributed by atoms with Crippen LogP contribution in [0.25, 0.3) is 0 Å². The standard InChI is InChI=1S/C24H20O7/c25-17(24-30-18-8-4-5-9-19(18)31-24)11-10-15-16-12-22(26)28-21(16)13-20(15)29-23(27)14-6-2-1-3-7-14/h1-11,15-16,20-21,24H,12-13H2/b11-10+/t15-,16-,20-,21+/m1/s1. The molecule has 5 rings (SSSR count). The molecule has 31 heavy (non-hydrogen) atoms. The van der Waals surface area contributed by atoms with Gasteiger partial charge in [-0.15, -0.1) is 0 Å². The fraction of sp³-hybridized carbons (Fsp3) is 0.292. The van der Waals surface area contributed by atoms with Crippen LogP contribution in [0.4, 0.5) is 0 Å². The Morgan fingerprint density at radius 2 is 1.61 bits per heavy atom. The number of ether oxygens (including phenoxy) is 4. The number of para-hydroxylation sites is 2. The van der Waals surface area contributed by atoms with Crippen LogP contribution >= 0.6 is 0 Å². The van der Waals surface area contributed by atoms with Crippen LogP contribution in [0.15, 0.2) is 66.7 Å².